The molecule has 3 atom stereocenters. The second kappa shape index (κ2) is 5.68. The van der Waals surface area contributed by atoms with Crippen LogP contribution < -0.4 is 5.73 Å². The molecule has 3 nitrogen and oxygen atoms in total. The molecule has 2 fully saturated rings. The molecule has 3 heteroatoms. The van der Waals surface area contributed by atoms with Crippen molar-refractivity contribution >= 4 is 0 Å². The quantitative estimate of drug-likeness (QED) is 0.772. The fourth-order valence-electron chi connectivity index (χ4n) is 2.94. The normalized spacial score (nSPS) is 37.9. The average molecular weight is 241 g/mol. The maximum Gasteiger partial charge on any atom is 0.0817 e. The Bertz CT molecular complexity index is 242. The van der Waals surface area contributed by atoms with Crippen molar-refractivity contribution in [1.82, 2.24) is 0 Å². The molecule has 0 spiro atoms. The highest BCUT2D eigenvalue weighted by Gasteiger charge is 2.32. The van der Waals surface area contributed by atoms with E-state index in [4.69, 9.17) is 15.2 Å². The largest absolute Gasteiger partial charge is 0.374 e. The second-order valence-corrected chi connectivity index (χ2v) is 6.21. The van der Waals surface area contributed by atoms with E-state index in [1.165, 1.54) is 19.3 Å². The maximum absolute atomic E-state index is 6.15. The fourth-order valence-corrected chi connectivity index (χ4v) is 2.94. The molecule has 2 aliphatic rings. The Balaban J connectivity index is 1.73. The van der Waals surface area contributed by atoms with E-state index in [0.29, 0.717) is 0 Å². The summed E-state index contributed by atoms with van der Waals surface area (Å²) < 4.78 is 11.9. The summed E-state index contributed by atoms with van der Waals surface area (Å²) in [6.07, 6.45) is 8.85. The lowest BCUT2D eigenvalue weighted by Crippen LogP contribution is -2.37. The molecular weight excluding hydrogens is 214 g/mol. The summed E-state index contributed by atoms with van der Waals surface area (Å²) in [6, 6.07) is 0.229. The van der Waals surface area contributed by atoms with Gasteiger partial charge in [0.2, 0.25) is 0 Å². The van der Waals surface area contributed by atoms with E-state index in [2.05, 4.69) is 13.8 Å². The number of rotatable bonds is 3. The minimum absolute atomic E-state index is 0.0413. The second-order valence-electron chi connectivity index (χ2n) is 6.21. The molecule has 17 heavy (non-hydrogen) atoms. The van der Waals surface area contributed by atoms with Gasteiger partial charge in [0.05, 0.1) is 24.4 Å². The Morgan fingerprint density at radius 3 is 2.65 bits per heavy atom. The van der Waals surface area contributed by atoms with E-state index in [1.807, 2.05) is 0 Å². The monoisotopic (exact) mass is 241 g/mol. The van der Waals surface area contributed by atoms with Crippen molar-refractivity contribution in [1.29, 1.82) is 0 Å². The topological polar surface area (TPSA) is 44.5 Å². The van der Waals surface area contributed by atoms with E-state index < -0.39 is 0 Å². The van der Waals surface area contributed by atoms with Gasteiger partial charge in [0.1, 0.15) is 0 Å². The molecule has 1 saturated heterocycles. The lowest BCUT2D eigenvalue weighted by Gasteiger charge is -2.24. The number of ether oxygens (including phenoxy) is 2. The predicted octanol–water partition coefficient (Wildman–Crippen LogP) is 2.62. The Hall–Kier alpha value is -0.120. The van der Waals surface area contributed by atoms with Crippen molar-refractivity contribution in [2.45, 2.75) is 82.6 Å². The van der Waals surface area contributed by atoms with Gasteiger partial charge in [-0.15, -0.1) is 0 Å². The molecule has 1 heterocycles. The van der Waals surface area contributed by atoms with Crippen molar-refractivity contribution in [3.63, 3.8) is 0 Å². The number of hydrogen-bond donors (Lipinski definition) is 1. The summed E-state index contributed by atoms with van der Waals surface area (Å²) in [5, 5.41) is 0. The third-order valence-corrected chi connectivity index (χ3v) is 4.05. The van der Waals surface area contributed by atoms with Crippen LogP contribution >= 0.6 is 0 Å². The summed E-state index contributed by atoms with van der Waals surface area (Å²) in [4.78, 5) is 0. The summed E-state index contributed by atoms with van der Waals surface area (Å²) in [6.45, 7) is 5.04. The Morgan fingerprint density at radius 2 is 1.94 bits per heavy atom. The summed E-state index contributed by atoms with van der Waals surface area (Å²) >= 11 is 0. The van der Waals surface area contributed by atoms with Gasteiger partial charge in [-0.25, -0.2) is 0 Å². The Labute approximate surface area is 105 Å². The first kappa shape index (κ1) is 13.3. The van der Waals surface area contributed by atoms with E-state index in [0.717, 1.165) is 32.3 Å². The van der Waals surface area contributed by atoms with Crippen LogP contribution in [0.4, 0.5) is 0 Å². The highest BCUT2D eigenvalue weighted by Crippen LogP contribution is 2.30. The molecule has 2 rings (SSSR count). The van der Waals surface area contributed by atoms with Crippen LogP contribution in [-0.4, -0.2) is 30.5 Å². The minimum Gasteiger partial charge on any atom is -0.374 e. The predicted molar refractivity (Wildman–Crippen MR) is 69.0 cm³/mol. The maximum atomic E-state index is 6.15. The third-order valence-electron chi connectivity index (χ3n) is 4.05. The third kappa shape index (κ3) is 3.94. The van der Waals surface area contributed by atoms with Crippen LogP contribution in [0.5, 0.6) is 0 Å². The zero-order valence-corrected chi connectivity index (χ0v) is 11.3. The molecular formula is C14H27NO2. The van der Waals surface area contributed by atoms with Crippen molar-refractivity contribution in [2.75, 3.05) is 6.61 Å². The SMILES string of the molecule is CC1(C)CCC(COC2CCCCCC2N)O1. The van der Waals surface area contributed by atoms with Crippen LogP contribution in [0, 0.1) is 0 Å². The van der Waals surface area contributed by atoms with Crippen LogP contribution in [0.2, 0.25) is 0 Å². The van der Waals surface area contributed by atoms with Crippen LogP contribution in [0.25, 0.3) is 0 Å². The Kier molecular flexibility index (Phi) is 4.45. The van der Waals surface area contributed by atoms with Gasteiger partial charge in [-0.2, -0.15) is 0 Å². The first-order valence-electron chi connectivity index (χ1n) is 7.12. The summed E-state index contributed by atoms with van der Waals surface area (Å²) in [5.74, 6) is 0. The molecule has 1 saturated carbocycles. The highest BCUT2D eigenvalue weighted by atomic mass is 16.6. The van der Waals surface area contributed by atoms with Crippen molar-refractivity contribution < 1.29 is 9.47 Å². The molecule has 0 radical (unpaired) electrons. The number of hydrogen-bond acceptors (Lipinski definition) is 3. The van der Waals surface area contributed by atoms with Crippen LogP contribution in [0.15, 0.2) is 0 Å². The summed E-state index contributed by atoms with van der Waals surface area (Å²) in [5.41, 5.74) is 6.19. The molecule has 0 aromatic rings. The fraction of sp³-hybridized carbons (Fsp3) is 1.00. The molecule has 3 unspecified atom stereocenters. The van der Waals surface area contributed by atoms with Gasteiger partial charge in [0.15, 0.2) is 0 Å². The van der Waals surface area contributed by atoms with Gasteiger partial charge in [-0.3, -0.25) is 0 Å². The molecule has 100 valence electrons. The van der Waals surface area contributed by atoms with Gasteiger partial charge in [0.25, 0.3) is 0 Å². The van der Waals surface area contributed by atoms with Crippen molar-refractivity contribution in [3.8, 4) is 0 Å². The lowest BCUT2D eigenvalue weighted by molar-refractivity contribution is -0.0751. The van der Waals surface area contributed by atoms with Gasteiger partial charge in [-0.1, -0.05) is 19.3 Å². The first-order chi connectivity index (χ1) is 8.07. The van der Waals surface area contributed by atoms with Gasteiger partial charge >= 0.3 is 0 Å². The highest BCUT2D eigenvalue weighted by molar-refractivity contribution is 4.82. The van der Waals surface area contributed by atoms with Crippen LogP contribution in [-0.2, 0) is 9.47 Å². The van der Waals surface area contributed by atoms with E-state index >= 15 is 0 Å². The first-order valence-corrected chi connectivity index (χ1v) is 7.12. The van der Waals surface area contributed by atoms with Crippen LogP contribution in [0.3, 0.4) is 0 Å². The smallest absolute Gasteiger partial charge is 0.0817 e. The Morgan fingerprint density at radius 1 is 1.18 bits per heavy atom. The number of nitrogens with two attached hydrogens (primary N) is 1. The molecule has 1 aliphatic heterocycles. The summed E-state index contributed by atoms with van der Waals surface area (Å²) in [7, 11) is 0. The average Bonchev–Trinajstić information content (AvgIpc) is 2.48. The van der Waals surface area contributed by atoms with Gasteiger partial charge < -0.3 is 15.2 Å². The lowest BCUT2D eigenvalue weighted by atomic mass is 10.1. The molecule has 0 aromatic carbocycles. The van der Waals surface area contributed by atoms with E-state index in [-0.39, 0.29) is 23.9 Å². The standard InChI is InChI=1S/C14H27NO2/c1-14(2)9-8-11(17-14)10-16-13-7-5-3-4-6-12(13)15/h11-13H,3-10,15H2,1-2H3. The molecule has 2 N–H and O–H groups in total. The van der Waals surface area contributed by atoms with E-state index in [1.54, 1.807) is 0 Å². The van der Waals surface area contributed by atoms with Crippen LogP contribution in [0.1, 0.15) is 58.8 Å². The zero-order chi connectivity index (χ0) is 12.3. The van der Waals surface area contributed by atoms with E-state index in [9.17, 15) is 0 Å². The molecule has 0 bridgehead atoms. The van der Waals surface area contributed by atoms with Gasteiger partial charge in [-0.05, 0) is 39.5 Å². The van der Waals surface area contributed by atoms with Gasteiger partial charge in [0, 0.05) is 6.04 Å². The molecule has 0 amide bonds. The zero-order valence-electron chi connectivity index (χ0n) is 11.3. The molecule has 0 aromatic heterocycles. The minimum atomic E-state index is 0.0413. The van der Waals surface area contributed by atoms with Crippen molar-refractivity contribution in [2.24, 2.45) is 5.73 Å². The van der Waals surface area contributed by atoms with Crippen molar-refractivity contribution in [3.05, 3.63) is 0 Å². The molecule has 1 aliphatic carbocycles.